The van der Waals surface area contributed by atoms with Crippen molar-refractivity contribution in [2.45, 2.75) is 39.5 Å². The van der Waals surface area contributed by atoms with Gasteiger partial charge in [-0.15, -0.1) is 0 Å². The van der Waals surface area contributed by atoms with Crippen molar-refractivity contribution in [3.8, 4) is 0 Å². The van der Waals surface area contributed by atoms with Crippen LogP contribution in [0.25, 0.3) is 0 Å². The molecule has 1 amide bonds. The Labute approximate surface area is 199 Å². The minimum Gasteiger partial charge on any atom is -0.447 e. The van der Waals surface area contributed by atoms with Gasteiger partial charge in [0.1, 0.15) is 12.1 Å². The first-order chi connectivity index (χ1) is 16.5. The van der Waals surface area contributed by atoms with E-state index in [2.05, 4.69) is 40.3 Å². The highest BCUT2D eigenvalue weighted by atomic mass is 19.1. The van der Waals surface area contributed by atoms with Gasteiger partial charge in [-0.05, 0) is 42.7 Å². The predicted octanol–water partition coefficient (Wildman–Crippen LogP) is 5.82. The molecule has 0 fully saturated rings. The fraction of sp³-hybridized carbons (Fsp3) is 0.214. The molecule has 0 bridgehead atoms. The normalized spacial score (nSPS) is 12.0. The highest BCUT2D eigenvalue weighted by Crippen LogP contribution is 2.17. The summed E-state index contributed by atoms with van der Waals surface area (Å²) in [6, 6.07) is 24.4. The topological polar surface area (TPSA) is 58.4 Å². The van der Waals surface area contributed by atoms with Gasteiger partial charge in [-0.3, -0.25) is 9.69 Å². The maximum Gasteiger partial charge on any atom is 0.273 e. The van der Waals surface area contributed by atoms with Gasteiger partial charge in [-0.25, -0.2) is 9.37 Å². The van der Waals surface area contributed by atoms with E-state index in [1.54, 1.807) is 12.1 Å². The van der Waals surface area contributed by atoms with Crippen LogP contribution in [0.3, 0.4) is 0 Å². The number of halogens is 1. The van der Waals surface area contributed by atoms with Gasteiger partial charge >= 0.3 is 0 Å². The number of carbonyl (C=O) groups excluding carboxylic acids is 1. The molecule has 0 unspecified atom stereocenters. The monoisotopic (exact) mass is 457 g/mol. The van der Waals surface area contributed by atoms with Crippen molar-refractivity contribution in [2.75, 3.05) is 0 Å². The molecule has 1 N–H and O–H groups in total. The molecule has 4 aromatic rings. The van der Waals surface area contributed by atoms with E-state index in [-0.39, 0.29) is 23.5 Å². The lowest BCUT2D eigenvalue weighted by Crippen LogP contribution is -2.27. The summed E-state index contributed by atoms with van der Waals surface area (Å²) in [6.45, 7) is 5.65. The maximum atomic E-state index is 13.4. The molecule has 5 nitrogen and oxygen atoms in total. The third kappa shape index (κ3) is 6.39. The Balaban J connectivity index is 1.46. The number of aromatic nitrogens is 1. The molecule has 4 rings (SSSR count). The summed E-state index contributed by atoms with van der Waals surface area (Å²) in [5.74, 6) is -0.0931. The molecule has 0 radical (unpaired) electrons. The molecule has 0 spiro atoms. The van der Waals surface area contributed by atoms with Gasteiger partial charge < -0.3 is 9.73 Å². The van der Waals surface area contributed by atoms with Crippen molar-refractivity contribution in [1.82, 2.24) is 15.2 Å². The van der Waals surface area contributed by atoms with Crippen LogP contribution in [0, 0.1) is 12.7 Å². The van der Waals surface area contributed by atoms with E-state index in [1.807, 2.05) is 43.3 Å². The Hall–Kier alpha value is -3.77. The summed E-state index contributed by atoms with van der Waals surface area (Å²) < 4.78 is 19.0. The third-order valence-corrected chi connectivity index (χ3v) is 5.60. The number of hydrogen-bond acceptors (Lipinski definition) is 4. The fourth-order valence-corrected chi connectivity index (χ4v) is 3.86. The minimum absolute atomic E-state index is 0.148. The van der Waals surface area contributed by atoms with Crippen LogP contribution in [0.15, 0.2) is 89.5 Å². The summed E-state index contributed by atoms with van der Waals surface area (Å²) in [5, 5.41) is 2.96. The van der Waals surface area contributed by atoms with Gasteiger partial charge in [0.05, 0.1) is 12.6 Å². The van der Waals surface area contributed by atoms with E-state index in [0.29, 0.717) is 25.5 Å². The van der Waals surface area contributed by atoms with E-state index in [4.69, 9.17) is 4.42 Å². The number of rotatable bonds is 9. The van der Waals surface area contributed by atoms with E-state index in [9.17, 15) is 9.18 Å². The number of amides is 1. The molecule has 1 aromatic heterocycles. The predicted molar refractivity (Wildman–Crippen MR) is 129 cm³/mol. The van der Waals surface area contributed by atoms with E-state index < -0.39 is 0 Å². The standard InChI is InChI=1S/C28H28FN3O2/c1-20-7-6-8-23(15-20)17-32(16-22-11-13-25(29)14-12-22)18-27-31-26(19-34-27)28(33)30-21(2)24-9-4-3-5-10-24/h3-15,19,21H,16-18H2,1-2H3,(H,30,33)/t21-/m1/s1. The molecule has 1 atom stereocenters. The van der Waals surface area contributed by atoms with Crippen LogP contribution in [0.2, 0.25) is 0 Å². The second-order valence-electron chi connectivity index (χ2n) is 8.49. The Morgan fingerprint density at radius 3 is 2.44 bits per heavy atom. The Morgan fingerprint density at radius 1 is 0.971 bits per heavy atom. The summed E-state index contributed by atoms with van der Waals surface area (Å²) in [5.41, 5.74) is 4.58. The number of carbonyl (C=O) groups is 1. The van der Waals surface area contributed by atoms with Crippen molar-refractivity contribution in [1.29, 1.82) is 0 Å². The van der Waals surface area contributed by atoms with Gasteiger partial charge in [0, 0.05) is 13.1 Å². The lowest BCUT2D eigenvalue weighted by atomic mass is 10.1. The summed E-state index contributed by atoms with van der Waals surface area (Å²) in [4.78, 5) is 19.3. The average Bonchev–Trinajstić information content (AvgIpc) is 3.30. The number of aryl methyl sites for hydroxylation is 1. The molecule has 3 aromatic carbocycles. The summed E-state index contributed by atoms with van der Waals surface area (Å²) in [6.07, 6.45) is 1.39. The first-order valence-corrected chi connectivity index (χ1v) is 11.3. The van der Waals surface area contributed by atoms with Crippen molar-refractivity contribution in [3.05, 3.63) is 125 Å². The Kier molecular flexibility index (Phi) is 7.50. The Morgan fingerprint density at radius 2 is 1.71 bits per heavy atom. The van der Waals surface area contributed by atoms with Crippen LogP contribution in [-0.4, -0.2) is 15.8 Å². The van der Waals surface area contributed by atoms with Crippen molar-refractivity contribution in [2.24, 2.45) is 0 Å². The molecule has 0 saturated heterocycles. The van der Waals surface area contributed by atoms with Crippen molar-refractivity contribution >= 4 is 5.91 Å². The summed E-state index contributed by atoms with van der Waals surface area (Å²) >= 11 is 0. The minimum atomic E-state index is -0.282. The molecule has 1 heterocycles. The van der Waals surface area contributed by atoms with E-state index >= 15 is 0 Å². The van der Waals surface area contributed by atoms with Crippen LogP contribution < -0.4 is 5.32 Å². The van der Waals surface area contributed by atoms with Gasteiger partial charge in [0.2, 0.25) is 5.89 Å². The van der Waals surface area contributed by atoms with Crippen LogP contribution in [0.1, 0.15) is 51.6 Å². The lowest BCUT2D eigenvalue weighted by Gasteiger charge is -2.21. The lowest BCUT2D eigenvalue weighted by molar-refractivity contribution is 0.0934. The second kappa shape index (κ2) is 10.9. The molecule has 0 saturated carbocycles. The van der Waals surface area contributed by atoms with E-state index in [1.165, 1.54) is 24.0 Å². The molecule has 34 heavy (non-hydrogen) atoms. The molecular formula is C28H28FN3O2. The van der Waals surface area contributed by atoms with Gasteiger partial charge in [0.25, 0.3) is 5.91 Å². The fourth-order valence-electron chi connectivity index (χ4n) is 3.86. The quantitative estimate of drug-likeness (QED) is 0.344. The molecule has 174 valence electrons. The van der Waals surface area contributed by atoms with Crippen LogP contribution in [0.4, 0.5) is 4.39 Å². The highest BCUT2D eigenvalue weighted by molar-refractivity contribution is 5.92. The smallest absolute Gasteiger partial charge is 0.273 e. The number of nitrogens with zero attached hydrogens (tertiary/aromatic N) is 2. The number of oxazole rings is 1. The largest absolute Gasteiger partial charge is 0.447 e. The highest BCUT2D eigenvalue weighted by Gasteiger charge is 2.18. The first kappa shape index (κ1) is 23.4. The third-order valence-electron chi connectivity index (χ3n) is 5.60. The number of hydrogen-bond donors (Lipinski definition) is 1. The molecular weight excluding hydrogens is 429 g/mol. The zero-order chi connectivity index (χ0) is 23.9. The van der Waals surface area contributed by atoms with Gasteiger partial charge in [-0.1, -0.05) is 72.3 Å². The van der Waals surface area contributed by atoms with Crippen molar-refractivity contribution in [3.63, 3.8) is 0 Å². The number of benzene rings is 3. The van der Waals surface area contributed by atoms with Crippen LogP contribution in [0.5, 0.6) is 0 Å². The summed E-state index contributed by atoms with van der Waals surface area (Å²) in [7, 11) is 0. The zero-order valence-electron chi connectivity index (χ0n) is 19.4. The molecule has 0 aliphatic rings. The zero-order valence-corrected chi connectivity index (χ0v) is 19.4. The van der Waals surface area contributed by atoms with Gasteiger partial charge in [-0.2, -0.15) is 0 Å². The Bertz CT molecular complexity index is 1220. The van der Waals surface area contributed by atoms with Crippen LogP contribution >= 0.6 is 0 Å². The van der Waals surface area contributed by atoms with Crippen molar-refractivity contribution < 1.29 is 13.6 Å². The van der Waals surface area contributed by atoms with Crippen LogP contribution in [-0.2, 0) is 19.6 Å². The number of nitrogens with one attached hydrogen (secondary N) is 1. The SMILES string of the molecule is Cc1cccc(CN(Cc2ccc(F)cc2)Cc2nc(C(=O)N[C@H](C)c3ccccc3)co2)c1. The average molecular weight is 458 g/mol. The van der Waals surface area contributed by atoms with Gasteiger partial charge in [0.15, 0.2) is 5.69 Å². The second-order valence-corrected chi connectivity index (χ2v) is 8.49. The molecule has 6 heteroatoms. The van der Waals surface area contributed by atoms with E-state index in [0.717, 1.165) is 16.7 Å². The molecule has 0 aliphatic heterocycles. The molecule has 0 aliphatic carbocycles. The maximum absolute atomic E-state index is 13.4. The first-order valence-electron chi connectivity index (χ1n) is 11.3.